The molecule has 1 aromatic heterocycles. The van der Waals surface area contributed by atoms with Crippen molar-refractivity contribution in [2.24, 2.45) is 0 Å². The summed E-state index contributed by atoms with van der Waals surface area (Å²) in [5.41, 5.74) is -1.22. The number of aliphatic hydroxyl groups is 2. The summed E-state index contributed by atoms with van der Waals surface area (Å²) in [6.07, 6.45) is -3.56. The molecule has 0 aromatic carbocycles. The first kappa shape index (κ1) is 16.8. The number of H-pyrrole nitrogens is 1. The Bertz CT molecular complexity index is 597. The van der Waals surface area contributed by atoms with Crippen molar-refractivity contribution in [1.82, 2.24) is 9.55 Å². The lowest BCUT2D eigenvalue weighted by atomic mass is 10.1. The summed E-state index contributed by atoms with van der Waals surface area (Å²) in [5.74, 6) is 0. The average molecular weight is 316 g/mol. The van der Waals surface area contributed by atoms with E-state index in [0.29, 0.717) is 6.61 Å². The number of hydrogen-bond acceptors (Lipinski definition) is 7. The largest absolute Gasteiger partial charge is 0.391 e. The van der Waals surface area contributed by atoms with Gasteiger partial charge >= 0.3 is 5.69 Å². The van der Waals surface area contributed by atoms with E-state index in [9.17, 15) is 19.8 Å². The van der Waals surface area contributed by atoms with Gasteiger partial charge in [0.1, 0.15) is 18.3 Å². The van der Waals surface area contributed by atoms with E-state index in [1.807, 2.05) is 0 Å². The highest BCUT2D eigenvalue weighted by Crippen LogP contribution is 2.32. The first-order chi connectivity index (χ1) is 10.5. The maximum absolute atomic E-state index is 11.9. The van der Waals surface area contributed by atoms with E-state index in [2.05, 4.69) is 4.98 Å². The lowest BCUT2D eigenvalue weighted by molar-refractivity contribution is -0.0902. The van der Waals surface area contributed by atoms with Crippen molar-refractivity contribution in [3.63, 3.8) is 0 Å². The van der Waals surface area contributed by atoms with Crippen LogP contribution >= 0.6 is 0 Å². The molecule has 0 aliphatic carbocycles. The van der Waals surface area contributed by atoms with Crippen molar-refractivity contribution in [3.05, 3.63) is 33.1 Å². The van der Waals surface area contributed by atoms with Gasteiger partial charge < -0.3 is 24.4 Å². The Morgan fingerprint density at radius 3 is 2.77 bits per heavy atom. The molecule has 0 amide bonds. The molecule has 22 heavy (non-hydrogen) atoms. The summed E-state index contributed by atoms with van der Waals surface area (Å²) in [6.45, 7) is 1.96. The Labute approximate surface area is 126 Å². The van der Waals surface area contributed by atoms with Crippen molar-refractivity contribution in [1.29, 1.82) is 0 Å². The zero-order chi connectivity index (χ0) is 16.3. The molecular formula is C13H20N2O7. The molecule has 0 bridgehead atoms. The summed E-state index contributed by atoms with van der Waals surface area (Å²) in [4.78, 5) is 25.1. The molecule has 3 N–H and O–H groups in total. The Hall–Kier alpha value is -1.52. The van der Waals surface area contributed by atoms with Gasteiger partial charge in [-0.05, 0) is 6.92 Å². The van der Waals surface area contributed by atoms with E-state index in [1.165, 1.54) is 26.3 Å². The molecule has 9 heteroatoms. The van der Waals surface area contributed by atoms with E-state index < -0.39 is 41.9 Å². The molecule has 1 unspecified atom stereocenters. The molecule has 5 atom stereocenters. The quantitative estimate of drug-likeness (QED) is 0.529. The average Bonchev–Trinajstić information content (AvgIpc) is 2.77. The number of aliphatic hydroxyl groups excluding tert-OH is 2. The maximum Gasteiger partial charge on any atom is 0.330 e. The summed E-state index contributed by atoms with van der Waals surface area (Å²) < 4.78 is 17.1. The summed E-state index contributed by atoms with van der Waals surface area (Å²) in [5, 5.41) is 19.9. The van der Waals surface area contributed by atoms with Gasteiger partial charge in [0.05, 0.1) is 19.3 Å². The maximum atomic E-state index is 11.9. The van der Waals surface area contributed by atoms with Crippen molar-refractivity contribution in [3.8, 4) is 0 Å². The summed E-state index contributed by atoms with van der Waals surface area (Å²) in [6, 6.07) is 1.17. The van der Waals surface area contributed by atoms with Crippen molar-refractivity contribution < 1.29 is 24.4 Å². The highest BCUT2D eigenvalue weighted by molar-refractivity contribution is 4.95. The molecular weight excluding hydrogens is 296 g/mol. The lowest BCUT2D eigenvalue weighted by Gasteiger charge is -2.22. The number of aromatic amines is 1. The van der Waals surface area contributed by atoms with Crippen LogP contribution in [0.3, 0.4) is 0 Å². The van der Waals surface area contributed by atoms with Crippen LogP contribution in [0.2, 0.25) is 0 Å². The third kappa shape index (κ3) is 3.45. The van der Waals surface area contributed by atoms with E-state index in [4.69, 9.17) is 14.2 Å². The van der Waals surface area contributed by atoms with E-state index in [-0.39, 0.29) is 6.61 Å². The molecule has 0 spiro atoms. The van der Waals surface area contributed by atoms with E-state index in [1.54, 1.807) is 0 Å². The van der Waals surface area contributed by atoms with Gasteiger partial charge in [0.25, 0.3) is 5.56 Å². The Balaban J connectivity index is 2.28. The van der Waals surface area contributed by atoms with Crippen LogP contribution in [-0.4, -0.2) is 64.5 Å². The highest BCUT2D eigenvalue weighted by Gasteiger charge is 2.47. The van der Waals surface area contributed by atoms with E-state index in [0.717, 1.165) is 4.57 Å². The number of rotatable bonds is 6. The van der Waals surface area contributed by atoms with Crippen molar-refractivity contribution in [2.45, 2.75) is 37.6 Å². The number of nitrogens with zero attached hydrogens (tertiary/aromatic N) is 1. The molecule has 1 aliphatic rings. The second kappa shape index (κ2) is 7.16. The van der Waals surface area contributed by atoms with Gasteiger partial charge in [0.2, 0.25) is 0 Å². The minimum atomic E-state index is -1.12. The van der Waals surface area contributed by atoms with Crippen LogP contribution in [0.15, 0.2) is 21.9 Å². The molecule has 1 aliphatic heterocycles. The third-order valence-corrected chi connectivity index (χ3v) is 3.45. The van der Waals surface area contributed by atoms with Gasteiger partial charge in [0, 0.05) is 19.4 Å². The van der Waals surface area contributed by atoms with Crippen LogP contribution in [-0.2, 0) is 14.2 Å². The molecule has 2 rings (SSSR count). The molecule has 9 nitrogen and oxygen atoms in total. The second-order valence-corrected chi connectivity index (χ2v) is 5.07. The van der Waals surface area contributed by atoms with E-state index >= 15 is 0 Å². The summed E-state index contributed by atoms with van der Waals surface area (Å²) in [7, 11) is 1.51. The summed E-state index contributed by atoms with van der Waals surface area (Å²) >= 11 is 0. The smallest absolute Gasteiger partial charge is 0.330 e. The first-order valence-corrected chi connectivity index (χ1v) is 6.89. The van der Waals surface area contributed by atoms with Crippen LogP contribution in [0, 0.1) is 0 Å². The highest BCUT2D eigenvalue weighted by atomic mass is 16.6. The zero-order valence-electron chi connectivity index (χ0n) is 12.3. The fourth-order valence-corrected chi connectivity index (χ4v) is 2.37. The number of methoxy groups -OCH3 is 1. The number of nitrogens with one attached hydrogen (secondary N) is 1. The van der Waals surface area contributed by atoms with Crippen molar-refractivity contribution in [2.75, 3.05) is 20.3 Å². The third-order valence-electron chi connectivity index (χ3n) is 3.45. The zero-order valence-corrected chi connectivity index (χ0v) is 12.3. The van der Waals surface area contributed by atoms with Crippen LogP contribution in [0.25, 0.3) is 0 Å². The van der Waals surface area contributed by atoms with Crippen LogP contribution < -0.4 is 11.2 Å². The Morgan fingerprint density at radius 2 is 2.18 bits per heavy atom. The molecule has 0 saturated carbocycles. The van der Waals surface area contributed by atoms with Gasteiger partial charge in [-0.2, -0.15) is 0 Å². The van der Waals surface area contributed by atoms with Crippen LogP contribution in [0.4, 0.5) is 0 Å². The van der Waals surface area contributed by atoms with Crippen LogP contribution in [0.5, 0.6) is 0 Å². The Kier molecular flexibility index (Phi) is 5.48. The molecule has 1 fully saturated rings. The van der Waals surface area contributed by atoms with Gasteiger partial charge in [-0.1, -0.05) is 0 Å². The standard InChI is InChI=1S/C13H20N2O7/c1-7(16)10-9(18)11(21-6-5-20-2)12(22-10)15-4-3-8(17)14-13(15)19/h3-4,7,9-12,16,18H,5-6H2,1-2H3,(H,14,17,19)/t7?,9-,10-,11-,12-/m1/s1. The van der Waals surface area contributed by atoms with Crippen LogP contribution in [0.1, 0.15) is 13.2 Å². The minimum absolute atomic E-state index is 0.183. The monoisotopic (exact) mass is 316 g/mol. The number of ether oxygens (including phenoxy) is 3. The van der Waals surface area contributed by atoms with Gasteiger partial charge in [-0.15, -0.1) is 0 Å². The van der Waals surface area contributed by atoms with Gasteiger partial charge in [0.15, 0.2) is 6.23 Å². The Morgan fingerprint density at radius 1 is 1.45 bits per heavy atom. The predicted molar refractivity (Wildman–Crippen MR) is 74.5 cm³/mol. The van der Waals surface area contributed by atoms with Gasteiger partial charge in [-0.3, -0.25) is 14.3 Å². The molecule has 0 radical (unpaired) electrons. The van der Waals surface area contributed by atoms with Crippen molar-refractivity contribution >= 4 is 0 Å². The molecule has 1 saturated heterocycles. The molecule has 124 valence electrons. The lowest BCUT2D eigenvalue weighted by Crippen LogP contribution is -2.40. The normalized spacial score (nSPS) is 29.6. The molecule has 1 aromatic rings. The topological polar surface area (TPSA) is 123 Å². The van der Waals surface area contributed by atoms with Gasteiger partial charge in [-0.25, -0.2) is 4.79 Å². The SMILES string of the molecule is COCCO[C@@H]1[C@H](O)[C@@H](C(C)O)O[C@H]1n1ccc(=O)[nH]c1=O. The first-order valence-electron chi connectivity index (χ1n) is 6.89. The molecule has 2 heterocycles. The fraction of sp³-hybridized carbons (Fsp3) is 0.692. The minimum Gasteiger partial charge on any atom is -0.391 e. The second-order valence-electron chi connectivity index (χ2n) is 5.07. The number of aromatic nitrogens is 2. The number of hydrogen-bond donors (Lipinski definition) is 3. The fourth-order valence-electron chi connectivity index (χ4n) is 2.37. The predicted octanol–water partition coefficient (Wildman–Crippen LogP) is -1.79.